The van der Waals surface area contributed by atoms with Crippen molar-refractivity contribution in [1.82, 2.24) is 5.32 Å². The SMILES string of the molecule is Cc1ccc(C(=O)NC(=CSCC(=O)c2ccc(Br)cc2)[P+](c2ccccc2)(c2ccccc2)c2ccccc2)cc1.[Br-]. The van der Waals surface area contributed by atoms with Crippen LogP contribution in [0.4, 0.5) is 0 Å². The maximum atomic E-state index is 13.8. The lowest BCUT2D eigenvalue weighted by molar-refractivity contribution is -0.0000239. The van der Waals surface area contributed by atoms with Gasteiger partial charge in [-0.15, -0.1) is 11.8 Å². The van der Waals surface area contributed by atoms with Gasteiger partial charge in [0.05, 0.1) is 5.75 Å². The van der Waals surface area contributed by atoms with Crippen LogP contribution in [0.5, 0.6) is 0 Å². The Morgan fingerprint density at radius 3 is 1.58 bits per heavy atom. The molecule has 0 fully saturated rings. The van der Waals surface area contributed by atoms with E-state index in [0.717, 1.165) is 31.4 Å². The van der Waals surface area contributed by atoms with Gasteiger partial charge in [0.2, 0.25) is 0 Å². The third-order valence-corrected chi connectivity index (χ3v) is 12.6. The largest absolute Gasteiger partial charge is 1.00 e. The van der Waals surface area contributed by atoms with Crippen molar-refractivity contribution in [2.24, 2.45) is 0 Å². The first kappa shape index (κ1) is 32.6. The van der Waals surface area contributed by atoms with Crippen LogP contribution in [-0.2, 0) is 0 Å². The lowest BCUT2D eigenvalue weighted by Gasteiger charge is -2.29. The molecule has 5 rings (SSSR count). The number of Topliss-reactive ketones (excluding diaryl/α,β-unsaturated/α-hetero) is 1. The Bertz CT molecular complexity index is 1580. The van der Waals surface area contributed by atoms with Gasteiger partial charge in [0.25, 0.3) is 5.91 Å². The molecular weight excluding hydrogens is 701 g/mol. The van der Waals surface area contributed by atoms with Crippen molar-refractivity contribution in [2.45, 2.75) is 6.92 Å². The Balaban J connectivity index is 0.00000423. The number of halogens is 2. The van der Waals surface area contributed by atoms with Gasteiger partial charge in [-0.25, -0.2) is 0 Å². The van der Waals surface area contributed by atoms with E-state index in [1.54, 1.807) is 0 Å². The Kier molecular flexibility index (Phi) is 11.7. The Morgan fingerprint density at radius 1 is 0.674 bits per heavy atom. The van der Waals surface area contributed by atoms with Crippen LogP contribution >= 0.6 is 35.0 Å². The summed E-state index contributed by atoms with van der Waals surface area (Å²) in [4.78, 5) is 27.0. The molecule has 0 aliphatic rings. The average Bonchev–Trinajstić information content (AvgIpc) is 3.03. The van der Waals surface area contributed by atoms with E-state index >= 15 is 0 Å². The van der Waals surface area contributed by atoms with Crippen molar-refractivity contribution in [3.63, 3.8) is 0 Å². The molecule has 43 heavy (non-hydrogen) atoms. The molecule has 1 amide bonds. The predicted molar refractivity (Wildman–Crippen MR) is 183 cm³/mol. The number of nitrogens with one attached hydrogen (secondary N) is 1. The summed E-state index contributed by atoms with van der Waals surface area (Å²) in [5, 5.41) is 8.66. The molecule has 1 N–H and O–H groups in total. The standard InChI is InChI=1S/C36H29BrNO2PS.BrH/c1-27-17-19-29(20-18-27)36(40)38-35(26-42-25-34(39)28-21-23-30(37)24-22-28)41(31-11-5-2-6-12-31,32-13-7-3-8-14-32)33-15-9-4-10-16-33;/h2-24,26H,25H2,1H3;1H. The lowest BCUT2D eigenvalue weighted by atomic mass is 10.1. The first-order chi connectivity index (χ1) is 20.5. The molecule has 3 nitrogen and oxygen atoms in total. The molecular formula is C36H30Br2NO2PS. The predicted octanol–water partition coefficient (Wildman–Crippen LogP) is 4.90. The van der Waals surface area contributed by atoms with Gasteiger partial charge in [-0.3, -0.25) is 14.9 Å². The van der Waals surface area contributed by atoms with Crippen LogP contribution in [0.1, 0.15) is 26.3 Å². The van der Waals surface area contributed by atoms with E-state index in [9.17, 15) is 9.59 Å². The second-order valence-corrected chi connectivity index (χ2v) is 14.9. The number of carbonyl (C=O) groups is 2. The number of benzene rings is 5. The van der Waals surface area contributed by atoms with Gasteiger partial charge in [-0.2, -0.15) is 0 Å². The van der Waals surface area contributed by atoms with E-state index in [0.29, 0.717) is 11.1 Å². The van der Waals surface area contributed by atoms with Gasteiger partial charge < -0.3 is 17.0 Å². The van der Waals surface area contributed by atoms with E-state index < -0.39 is 7.26 Å². The monoisotopic (exact) mass is 729 g/mol. The number of thioether (sulfide) groups is 1. The molecule has 0 radical (unpaired) electrons. The van der Waals surface area contributed by atoms with Gasteiger partial charge in [-0.1, -0.05) is 100 Å². The Labute approximate surface area is 277 Å². The minimum Gasteiger partial charge on any atom is -1.00 e. The van der Waals surface area contributed by atoms with Crippen molar-refractivity contribution >= 4 is 62.6 Å². The zero-order valence-electron chi connectivity index (χ0n) is 23.5. The third-order valence-electron chi connectivity index (χ3n) is 6.92. The Hall–Kier alpha value is -3.28. The van der Waals surface area contributed by atoms with Crippen LogP contribution in [0.3, 0.4) is 0 Å². The minimum atomic E-state index is -2.59. The van der Waals surface area contributed by atoms with Crippen LogP contribution in [0.2, 0.25) is 0 Å². The van der Waals surface area contributed by atoms with Gasteiger partial charge in [0, 0.05) is 21.0 Å². The van der Waals surface area contributed by atoms with E-state index in [2.05, 4.69) is 57.6 Å². The summed E-state index contributed by atoms with van der Waals surface area (Å²) >= 11 is 4.85. The summed E-state index contributed by atoms with van der Waals surface area (Å²) in [6.07, 6.45) is 0. The van der Waals surface area contributed by atoms with Crippen molar-refractivity contribution in [2.75, 3.05) is 5.75 Å². The van der Waals surface area contributed by atoms with Crippen molar-refractivity contribution < 1.29 is 26.6 Å². The number of hydrogen-bond donors (Lipinski definition) is 1. The van der Waals surface area contributed by atoms with Crippen LogP contribution in [0.25, 0.3) is 0 Å². The van der Waals surface area contributed by atoms with E-state index in [1.807, 2.05) is 115 Å². The molecule has 0 spiro atoms. The molecule has 0 saturated carbocycles. The van der Waals surface area contributed by atoms with Gasteiger partial charge in [0.15, 0.2) is 18.5 Å². The number of rotatable bonds is 10. The highest BCUT2D eigenvalue weighted by atomic mass is 79.9. The molecule has 5 aromatic carbocycles. The lowest BCUT2D eigenvalue weighted by Crippen LogP contribution is -3.00. The minimum absolute atomic E-state index is 0. The number of hydrogen-bond acceptors (Lipinski definition) is 3. The van der Waals surface area contributed by atoms with Gasteiger partial charge in [0.1, 0.15) is 15.9 Å². The fourth-order valence-electron chi connectivity index (χ4n) is 4.82. The summed E-state index contributed by atoms with van der Waals surface area (Å²) in [7, 11) is -2.59. The molecule has 0 aromatic heterocycles. The van der Waals surface area contributed by atoms with E-state index in [4.69, 9.17) is 0 Å². The quantitative estimate of drug-likeness (QED) is 0.164. The van der Waals surface area contributed by atoms with Crippen molar-refractivity contribution in [1.29, 1.82) is 0 Å². The molecule has 0 aliphatic heterocycles. The normalized spacial score (nSPS) is 11.3. The molecule has 5 aromatic rings. The number of aryl methyl sites for hydroxylation is 1. The van der Waals surface area contributed by atoms with Gasteiger partial charge >= 0.3 is 0 Å². The third kappa shape index (κ3) is 7.63. The van der Waals surface area contributed by atoms with Crippen LogP contribution < -0.4 is 38.2 Å². The fourth-order valence-corrected chi connectivity index (χ4v) is 10.4. The summed E-state index contributed by atoms with van der Waals surface area (Å²) in [6.45, 7) is 2.00. The summed E-state index contributed by atoms with van der Waals surface area (Å²) in [6, 6.07) is 46.1. The van der Waals surface area contributed by atoms with Crippen LogP contribution in [-0.4, -0.2) is 17.4 Å². The number of ketones is 1. The summed E-state index contributed by atoms with van der Waals surface area (Å²) in [5.74, 6) is 0.0773. The summed E-state index contributed by atoms with van der Waals surface area (Å²) < 4.78 is 0.927. The molecule has 216 valence electrons. The maximum Gasteiger partial charge on any atom is 0.258 e. The van der Waals surface area contributed by atoms with Gasteiger partial charge in [-0.05, 0) is 67.6 Å². The van der Waals surface area contributed by atoms with Crippen molar-refractivity contribution in [3.8, 4) is 0 Å². The molecule has 0 saturated heterocycles. The first-order valence-electron chi connectivity index (χ1n) is 13.5. The molecule has 0 heterocycles. The molecule has 0 atom stereocenters. The van der Waals surface area contributed by atoms with E-state index in [-0.39, 0.29) is 34.4 Å². The zero-order valence-corrected chi connectivity index (χ0v) is 28.4. The second kappa shape index (κ2) is 15.4. The topological polar surface area (TPSA) is 46.2 Å². The highest BCUT2D eigenvalue weighted by Crippen LogP contribution is 2.61. The highest BCUT2D eigenvalue weighted by molar-refractivity contribution is 9.10. The maximum absolute atomic E-state index is 13.8. The van der Waals surface area contributed by atoms with Crippen LogP contribution in [0, 0.1) is 6.92 Å². The molecule has 0 aliphatic carbocycles. The number of carbonyl (C=O) groups excluding carboxylic acids is 2. The molecule has 0 unspecified atom stereocenters. The van der Waals surface area contributed by atoms with Crippen LogP contribution in [0.15, 0.2) is 155 Å². The Morgan fingerprint density at radius 2 is 1.12 bits per heavy atom. The first-order valence-corrected chi connectivity index (χ1v) is 17.2. The average molecular weight is 731 g/mol. The molecule has 7 heteroatoms. The highest BCUT2D eigenvalue weighted by Gasteiger charge is 2.50. The fraction of sp³-hybridized carbons (Fsp3) is 0.0556. The van der Waals surface area contributed by atoms with E-state index in [1.165, 1.54) is 11.8 Å². The zero-order chi connectivity index (χ0) is 29.4. The number of amides is 1. The summed E-state index contributed by atoms with van der Waals surface area (Å²) in [5.41, 5.74) is 3.10. The smallest absolute Gasteiger partial charge is 0.258 e. The second-order valence-electron chi connectivity index (χ2n) is 9.74. The molecule has 0 bridgehead atoms. The van der Waals surface area contributed by atoms with Crippen molar-refractivity contribution in [3.05, 3.63) is 172 Å².